The molecule has 0 N–H and O–H groups in total. The first-order valence-electron chi connectivity index (χ1n) is 13.8. The molecule has 0 saturated carbocycles. The predicted octanol–water partition coefficient (Wildman–Crippen LogP) is 2.18. The third kappa shape index (κ3) is 13.6. The molecule has 3 rings (SSSR count). The van der Waals surface area contributed by atoms with Gasteiger partial charge in [0.05, 0.1) is 0 Å². The van der Waals surface area contributed by atoms with E-state index in [9.17, 15) is 29.7 Å². The number of carbonyl (C=O) groups excluding carboxylic acids is 3. The van der Waals surface area contributed by atoms with Gasteiger partial charge < -0.3 is 44.4 Å². The molecule has 0 bridgehead atoms. The zero-order valence-electron chi connectivity index (χ0n) is 24.3. The van der Waals surface area contributed by atoms with Gasteiger partial charge in [-0.1, -0.05) is 51.4 Å². The molecule has 0 aliphatic heterocycles. The van der Waals surface area contributed by atoms with Gasteiger partial charge >= 0.3 is 21.7 Å². The summed E-state index contributed by atoms with van der Waals surface area (Å²) in [6.45, 7) is 13.7. The average Bonchev–Trinajstić information content (AvgIpc) is 3.26. The van der Waals surface area contributed by atoms with Crippen LogP contribution in [0.2, 0.25) is 0 Å². The molecule has 3 amide bonds. The van der Waals surface area contributed by atoms with Crippen LogP contribution in [-0.2, 0) is 47.4 Å². The fraction of sp³-hybridized carbons (Fsp3) is 0.714. The van der Waals surface area contributed by atoms with Crippen LogP contribution < -0.4 is 15.3 Å². The number of hydrogen-bond donors (Lipinski definition) is 0. The number of hydrogen-bond acceptors (Lipinski definition) is 6. The number of fused-ring (bicyclic) bond motifs is 3. The Labute approximate surface area is 244 Å². The van der Waals surface area contributed by atoms with E-state index in [1.165, 1.54) is 66.1 Å². The average molecular weight is 570 g/mol. The van der Waals surface area contributed by atoms with Crippen molar-refractivity contribution in [2.45, 2.75) is 92.9 Å². The summed E-state index contributed by atoms with van der Waals surface area (Å²) in [6, 6.07) is 2.52. The Morgan fingerprint density at radius 1 is 0.553 bits per heavy atom. The van der Waals surface area contributed by atoms with Crippen LogP contribution in [0.25, 0.3) is 0 Å². The van der Waals surface area contributed by atoms with Crippen LogP contribution in [0, 0.1) is 0 Å². The second kappa shape index (κ2) is 21.8. The molecule has 0 unspecified atom stereocenters. The van der Waals surface area contributed by atoms with Gasteiger partial charge in [-0.3, -0.25) is 0 Å². The molecule has 1 aromatic carbocycles. The number of aryl methyl sites for hydroxylation is 2. The zero-order valence-corrected chi connectivity index (χ0v) is 25.8. The number of carbonyl (C=O) groups is 3. The van der Waals surface area contributed by atoms with Crippen molar-refractivity contribution >= 4 is 18.3 Å². The standard InChI is InChI=1S/C13H17.3C5H11NO2.Ti/c1-3-7-12-10(5-1)9-11-6-2-4-8-13(11)12;3*1-3-6(4-2)5(7)8;/h9H,1-8H2;3*3-4H2,1-2H3,(H,7,8);/q-1;;;;+4/p-3. The van der Waals surface area contributed by atoms with Gasteiger partial charge in [-0.15, -0.1) is 0 Å². The maximum absolute atomic E-state index is 9.98. The SMILES string of the molecule is CCN(CC)C(=O)[O-].CCN(CC)C(=O)[O-].CCN(CC)C(=O)[O-].[Ti+4].[cH-]1c2c(c3c1CCCC3)CCCC2. The topological polar surface area (TPSA) is 130 Å². The first-order chi connectivity index (χ1) is 17.6. The van der Waals surface area contributed by atoms with Crippen molar-refractivity contribution < 1.29 is 51.4 Å². The van der Waals surface area contributed by atoms with Crippen LogP contribution in [0.15, 0.2) is 6.07 Å². The zero-order chi connectivity index (χ0) is 28.4. The maximum atomic E-state index is 9.98. The molecular formula is C28H47N3O6Ti. The summed E-state index contributed by atoms with van der Waals surface area (Å²) in [5, 5.41) is 29.9. The molecule has 2 aliphatic carbocycles. The summed E-state index contributed by atoms with van der Waals surface area (Å²) in [4.78, 5) is 33.6. The Hall–Kier alpha value is -2.13. The Morgan fingerprint density at radius 3 is 0.974 bits per heavy atom. The van der Waals surface area contributed by atoms with Crippen LogP contribution in [0.5, 0.6) is 0 Å². The van der Waals surface area contributed by atoms with E-state index in [0.29, 0.717) is 39.3 Å². The number of rotatable bonds is 6. The van der Waals surface area contributed by atoms with Crippen molar-refractivity contribution in [1.82, 2.24) is 14.7 Å². The molecule has 214 valence electrons. The second-order valence-corrected chi connectivity index (χ2v) is 8.88. The van der Waals surface area contributed by atoms with E-state index in [0.717, 1.165) is 0 Å². The van der Waals surface area contributed by atoms with Crippen LogP contribution in [0.3, 0.4) is 0 Å². The van der Waals surface area contributed by atoms with E-state index >= 15 is 0 Å². The minimum absolute atomic E-state index is 0. The Balaban J connectivity index is 0. The number of amides is 3. The smallest absolute Gasteiger partial charge is 0.530 e. The normalized spacial score (nSPS) is 12.7. The van der Waals surface area contributed by atoms with Gasteiger partial charge in [0.15, 0.2) is 0 Å². The van der Waals surface area contributed by atoms with E-state index < -0.39 is 18.3 Å². The Bertz CT molecular complexity index is 720. The van der Waals surface area contributed by atoms with E-state index in [2.05, 4.69) is 6.07 Å². The molecule has 1 aromatic rings. The molecule has 10 heteroatoms. The monoisotopic (exact) mass is 569 g/mol. The summed E-state index contributed by atoms with van der Waals surface area (Å²) in [5.74, 6) is 0. The van der Waals surface area contributed by atoms with Crippen LogP contribution in [0.1, 0.15) is 89.5 Å². The first-order valence-corrected chi connectivity index (χ1v) is 13.8. The van der Waals surface area contributed by atoms with Gasteiger partial charge in [-0.2, -0.15) is 28.3 Å². The first kappa shape index (κ1) is 38.0. The van der Waals surface area contributed by atoms with E-state index in [4.69, 9.17) is 0 Å². The molecule has 0 fully saturated rings. The van der Waals surface area contributed by atoms with E-state index in [-0.39, 0.29) is 21.7 Å². The van der Waals surface area contributed by atoms with Crippen molar-refractivity contribution in [1.29, 1.82) is 0 Å². The van der Waals surface area contributed by atoms with Gasteiger partial charge in [-0.05, 0) is 41.5 Å². The molecule has 0 atom stereocenters. The summed E-state index contributed by atoms with van der Waals surface area (Å²) in [5.41, 5.74) is 6.94. The largest absolute Gasteiger partial charge is 4.00 e. The molecule has 0 heterocycles. The third-order valence-electron chi connectivity index (χ3n) is 6.80. The Morgan fingerprint density at radius 2 is 0.789 bits per heavy atom. The molecule has 0 aromatic heterocycles. The molecule has 0 saturated heterocycles. The Kier molecular flexibility index (Phi) is 21.8. The summed E-state index contributed by atoms with van der Waals surface area (Å²) >= 11 is 0. The van der Waals surface area contributed by atoms with Gasteiger partial charge in [0.2, 0.25) is 0 Å². The summed E-state index contributed by atoms with van der Waals surface area (Å²) < 4.78 is 0. The molecular weight excluding hydrogens is 522 g/mol. The molecule has 9 nitrogen and oxygen atoms in total. The van der Waals surface area contributed by atoms with Crippen molar-refractivity contribution in [3.05, 3.63) is 28.3 Å². The number of carboxylic acid groups (broad SMARTS) is 3. The van der Waals surface area contributed by atoms with Gasteiger partial charge in [0.25, 0.3) is 0 Å². The molecule has 0 radical (unpaired) electrons. The van der Waals surface area contributed by atoms with Crippen molar-refractivity contribution in [3.8, 4) is 0 Å². The maximum Gasteiger partial charge on any atom is 4.00 e. The molecule has 38 heavy (non-hydrogen) atoms. The summed E-state index contributed by atoms with van der Waals surface area (Å²) in [6.07, 6.45) is 7.94. The van der Waals surface area contributed by atoms with Gasteiger partial charge in [0.1, 0.15) is 18.3 Å². The minimum atomic E-state index is -1.09. The molecule has 0 spiro atoms. The van der Waals surface area contributed by atoms with E-state index in [1.807, 2.05) is 0 Å². The summed E-state index contributed by atoms with van der Waals surface area (Å²) in [7, 11) is 0. The second-order valence-electron chi connectivity index (χ2n) is 8.88. The van der Waals surface area contributed by atoms with Gasteiger partial charge in [0, 0.05) is 39.3 Å². The van der Waals surface area contributed by atoms with Crippen LogP contribution in [-0.4, -0.2) is 72.2 Å². The number of nitrogens with zero attached hydrogens (tertiary/aromatic N) is 3. The van der Waals surface area contributed by atoms with Crippen molar-refractivity contribution in [3.63, 3.8) is 0 Å². The van der Waals surface area contributed by atoms with Crippen molar-refractivity contribution in [2.75, 3.05) is 39.3 Å². The third-order valence-corrected chi connectivity index (χ3v) is 6.80. The molecule has 2 aliphatic rings. The quantitative estimate of drug-likeness (QED) is 0.381. The van der Waals surface area contributed by atoms with E-state index in [1.54, 1.807) is 63.8 Å². The minimum Gasteiger partial charge on any atom is -0.530 e. The van der Waals surface area contributed by atoms with Crippen molar-refractivity contribution in [2.24, 2.45) is 0 Å². The fourth-order valence-corrected chi connectivity index (χ4v) is 4.52. The van der Waals surface area contributed by atoms with Gasteiger partial charge in [-0.25, -0.2) is 0 Å². The van der Waals surface area contributed by atoms with Crippen LogP contribution in [0.4, 0.5) is 14.4 Å². The predicted molar refractivity (Wildman–Crippen MR) is 140 cm³/mol. The van der Waals surface area contributed by atoms with Crippen LogP contribution >= 0.6 is 0 Å². The fourth-order valence-electron chi connectivity index (χ4n) is 4.52.